The maximum atomic E-state index is 13.1. The zero-order valence-corrected chi connectivity index (χ0v) is 23.4. The summed E-state index contributed by atoms with van der Waals surface area (Å²) in [4.78, 5) is 13.1. The molecular weight excluding hydrogens is 440 g/mol. The molecule has 3 N–H and O–H groups in total. The lowest BCUT2D eigenvalue weighted by molar-refractivity contribution is -0.205. The fourth-order valence-electron chi connectivity index (χ4n) is 8.55. The average Bonchev–Trinajstić information content (AvgIpc) is 2.82. The first-order valence-corrected chi connectivity index (χ1v) is 14.0. The van der Waals surface area contributed by atoms with Crippen LogP contribution in [0.2, 0.25) is 0 Å². The van der Waals surface area contributed by atoms with Gasteiger partial charge in [0.25, 0.3) is 0 Å². The van der Waals surface area contributed by atoms with E-state index in [0.717, 1.165) is 44.1 Å². The van der Waals surface area contributed by atoms with E-state index >= 15 is 0 Å². The summed E-state index contributed by atoms with van der Waals surface area (Å²) in [6.45, 7) is 16.6. The highest BCUT2D eigenvalue weighted by Crippen LogP contribution is 2.59. The molecule has 3 aliphatic carbocycles. The standard InChI is InChI=1S/C30H50O5/c1-18-19(25-20(17-21(18)31)29(7,33)16-15-26(25,2)3)9-10-22-28(6)13-11-23(32)27(4,5)35-24(28)12-14-30(22,8)34/h20,22-25,32-34H,9-17H2,1-8H3/t20-,22-,23-,24-,25+,28-,29-,30+/m0/s1. The predicted octanol–water partition coefficient (Wildman–Crippen LogP) is 5.35. The quantitative estimate of drug-likeness (QED) is 0.497. The van der Waals surface area contributed by atoms with Gasteiger partial charge in [0, 0.05) is 12.3 Å². The van der Waals surface area contributed by atoms with Crippen LogP contribution in [-0.2, 0) is 9.53 Å². The van der Waals surface area contributed by atoms with Crippen molar-refractivity contribution in [3.05, 3.63) is 11.1 Å². The Labute approximate surface area is 212 Å². The van der Waals surface area contributed by atoms with Gasteiger partial charge in [-0.2, -0.15) is 0 Å². The summed E-state index contributed by atoms with van der Waals surface area (Å²) in [5.41, 5.74) is -0.409. The Balaban J connectivity index is 1.67. The molecule has 5 heteroatoms. The van der Waals surface area contributed by atoms with Crippen LogP contribution in [0.15, 0.2) is 11.1 Å². The summed E-state index contributed by atoms with van der Waals surface area (Å²) in [7, 11) is 0. The smallest absolute Gasteiger partial charge is 0.158 e. The number of carbonyl (C=O) groups is 1. The van der Waals surface area contributed by atoms with Gasteiger partial charge in [-0.1, -0.05) is 26.3 Å². The highest BCUT2D eigenvalue weighted by atomic mass is 16.5. The van der Waals surface area contributed by atoms with Gasteiger partial charge in [-0.05, 0) is 114 Å². The van der Waals surface area contributed by atoms with Crippen molar-refractivity contribution in [2.75, 3.05) is 0 Å². The molecule has 5 nitrogen and oxygen atoms in total. The van der Waals surface area contributed by atoms with Crippen LogP contribution in [0, 0.1) is 28.6 Å². The van der Waals surface area contributed by atoms with Crippen LogP contribution in [0.3, 0.4) is 0 Å². The van der Waals surface area contributed by atoms with Crippen LogP contribution >= 0.6 is 0 Å². The number of fused-ring (bicyclic) bond motifs is 2. The van der Waals surface area contributed by atoms with Crippen LogP contribution in [0.5, 0.6) is 0 Å². The predicted molar refractivity (Wildman–Crippen MR) is 138 cm³/mol. The molecule has 35 heavy (non-hydrogen) atoms. The van der Waals surface area contributed by atoms with Crippen molar-refractivity contribution >= 4 is 5.78 Å². The van der Waals surface area contributed by atoms with Crippen LogP contribution in [0.4, 0.5) is 0 Å². The lowest BCUT2D eigenvalue weighted by Gasteiger charge is -2.56. The number of aliphatic hydroxyl groups is 3. The first-order chi connectivity index (χ1) is 15.9. The molecule has 0 unspecified atom stereocenters. The summed E-state index contributed by atoms with van der Waals surface area (Å²) < 4.78 is 6.56. The van der Waals surface area contributed by atoms with Crippen molar-refractivity contribution in [2.24, 2.45) is 28.6 Å². The van der Waals surface area contributed by atoms with Gasteiger partial charge >= 0.3 is 0 Å². The third-order valence-corrected chi connectivity index (χ3v) is 11.1. The summed E-state index contributed by atoms with van der Waals surface area (Å²) >= 11 is 0. The van der Waals surface area contributed by atoms with Gasteiger partial charge in [-0.3, -0.25) is 4.79 Å². The van der Waals surface area contributed by atoms with Crippen molar-refractivity contribution in [1.82, 2.24) is 0 Å². The first kappa shape index (κ1) is 27.3. The number of carbonyl (C=O) groups excluding carboxylic acids is 1. The molecule has 1 saturated heterocycles. The third-order valence-electron chi connectivity index (χ3n) is 11.1. The van der Waals surface area contributed by atoms with Gasteiger partial charge < -0.3 is 20.1 Å². The van der Waals surface area contributed by atoms with Crippen LogP contribution < -0.4 is 0 Å². The second-order valence-corrected chi connectivity index (χ2v) is 14.5. The van der Waals surface area contributed by atoms with Gasteiger partial charge in [0.05, 0.1) is 29.0 Å². The van der Waals surface area contributed by atoms with E-state index in [0.29, 0.717) is 19.3 Å². The summed E-state index contributed by atoms with van der Waals surface area (Å²) in [6.07, 6.45) is 6.03. The number of hydrogen-bond acceptors (Lipinski definition) is 5. The average molecular weight is 491 g/mol. The third kappa shape index (κ3) is 4.57. The van der Waals surface area contributed by atoms with E-state index in [-0.39, 0.29) is 40.5 Å². The maximum absolute atomic E-state index is 13.1. The first-order valence-electron chi connectivity index (χ1n) is 14.0. The highest BCUT2D eigenvalue weighted by molar-refractivity contribution is 5.97. The summed E-state index contributed by atoms with van der Waals surface area (Å²) in [5.74, 6) is 0.288. The molecule has 0 radical (unpaired) electrons. The lowest BCUT2D eigenvalue weighted by Crippen LogP contribution is -2.56. The van der Waals surface area contributed by atoms with E-state index in [1.165, 1.54) is 5.57 Å². The topological polar surface area (TPSA) is 87.0 Å². The van der Waals surface area contributed by atoms with Gasteiger partial charge in [0.2, 0.25) is 0 Å². The van der Waals surface area contributed by atoms with Crippen molar-refractivity contribution in [3.63, 3.8) is 0 Å². The molecule has 4 rings (SSSR count). The Kier molecular flexibility index (Phi) is 6.74. The number of ketones is 1. The minimum Gasteiger partial charge on any atom is -0.390 e. The molecule has 0 spiro atoms. The zero-order chi connectivity index (χ0) is 26.2. The number of hydrogen-bond donors (Lipinski definition) is 3. The van der Waals surface area contributed by atoms with E-state index in [9.17, 15) is 20.1 Å². The van der Waals surface area contributed by atoms with Crippen molar-refractivity contribution in [1.29, 1.82) is 0 Å². The number of rotatable bonds is 3. The van der Waals surface area contributed by atoms with Crippen molar-refractivity contribution in [2.45, 2.75) is 142 Å². The van der Waals surface area contributed by atoms with E-state index in [2.05, 4.69) is 20.8 Å². The number of ether oxygens (including phenoxy) is 1. The van der Waals surface area contributed by atoms with Gasteiger partial charge in [0.1, 0.15) is 0 Å². The number of aliphatic hydroxyl groups excluding tert-OH is 1. The van der Waals surface area contributed by atoms with E-state index in [1.807, 2.05) is 34.6 Å². The zero-order valence-electron chi connectivity index (χ0n) is 23.4. The second-order valence-electron chi connectivity index (χ2n) is 14.5. The Hall–Kier alpha value is -0.750. The SMILES string of the molecule is CC1=C(CC[C@H]2[C@]3(C)CC[C@H](O)C(C)(C)O[C@H]3CC[C@@]2(C)O)[C@@H]2[C@H](CC1=O)[C@@](C)(O)CCC2(C)C. The molecule has 1 heterocycles. The fraction of sp³-hybridized carbons (Fsp3) is 0.900. The molecule has 1 aliphatic heterocycles. The fourth-order valence-corrected chi connectivity index (χ4v) is 8.55. The molecule has 0 amide bonds. The Bertz CT molecular complexity index is 881. The van der Waals surface area contributed by atoms with Crippen LogP contribution in [0.25, 0.3) is 0 Å². The Morgan fingerprint density at radius 1 is 0.914 bits per heavy atom. The van der Waals surface area contributed by atoms with Gasteiger partial charge in [-0.25, -0.2) is 0 Å². The molecule has 0 aromatic heterocycles. The Morgan fingerprint density at radius 2 is 1.57 bits per heavy atom. The minimum atomic E-state index is -0.827. The second kappa shape index (κ2) is 8.64. The molecule has 200 valence electrons. The molecule has 4 aliphatic rings. The monoisotopic (exact) mass is 490 g/mol. The minimum absolute atomic E-state index is 0.00200. The summed E-state index contributed by atoms with van der Waals surface area (Å²) in [5, 5.41) is 33.7. The van der Waals surface area contributed by atoms with Crippen molar-refractivity contribution in [3.8, 4) is 0 Å². The normalized spacial score (nSPS) is 47.6. The molecule has 0 bridgehead atoms. The number of Topliss-reactive ketones (excluding diaryl/α,β-unsaturated/α-hetero) is 1. The summed E-state index contributed by atoms with van der Waals surface area (Å²) in [6, 6.07) is 0. The van der Waals surface area contributed by atoms with Gasteiger partial charge in [-0.15, -0.1) is 0 Å². The molecule has 8 atom stereocenters. The lowest BCUT2D eigenvalue weighted by atomic mass is 9.51. The molecule has 0 aromatic rings. The highest BCUT2D eigenvalue weighted by Gasteiger charge is 2.57. The number of allylic oxidation sites excluding steroid dienone is 2. The molecule has 0 aromatic carbocycles. The Morgan fingerprint density at radius 3 is 2.23 bits per heavy atom. The van der Waals surface area contributed by atoms with E-state index in [1.54, 1.807) is 0 Å². The van der Waals surface area contributed by atoms with Crippen molar-refractivity contribution < 1.29 is 24.9 Å². The van der Waals surface area contributed by atoms with Gasteiger partial charge in [0.15, 0.2) is 5.78 Å². The molecular formula is C30H50O5. The molecule has 2 saturated carbocycles. The largest absolute Gasteiger partial charge is 0.390 e. The van der Waals surface area contributed by atoms with E-state index < -0.39 is 22.9 Å². The van der Waals surface area contributed by atoms with E-state index in [4.69, 9.17) is 4.74 Å². The maximum Gasteiger partial charge on any atom is 0.158 e. The van der Waals surface area contributed by atoms with Crippen LogP contribution in [0.1, 0.15) is 113 Å². The van der Waals surface area contributed by atoms with Crippen LogP contribution in [-0.4, -0.2) is 50.1 Å². The molecule has 3 fully saturated rings.